The summed E-state index contributed by atoms with van der Waals surface area (Å²) in [7, 11) is 0. The molecule has 1 aromatic carbocycles. The Balaban J connectivity index is 2.50. The molecule has 18 heavy (non-hydrogen) atoms. The maximum Gasteiger partial charge on any atom is 0.123 e. The summed E-state index contributed by atoms with van der Waals surface area (Å²) in [6, 6.07) is 6.18. The second-order valence-corrected chi connectivity index (χ2v) is 4.51. The van der Waals surface area contributed by atoms with Gasteiger partial charge < -0.3 is 5.73 Å². The van der Waals surface area contributed by atoms with Crippen LogP contribution in [0.25, 0.3) is 0 Å². The largest absolute Gasteiger partial charge is 0.320 e. The number of rotatable bonds is 2. The van der Waals surface area contributed by atoms with E-state index in [-0.39, 0.29) is 11.9 Å². The summed E-state index contributed by atoms with van der Waals surface area (Å²) < 4.78 is 13.3. The van der Waals surface area contributed by atoms with Crippen molar-refractivity contribution in [3.05, 3.63) is 58.2 Å². The molecule has 0 aliphatic carbocycles. The Morgan fingerprint density at radius 2 is 1.78 bits per heavy atom. The molecular weight excluding hydrogens is 229 g/mol. The minimum Gasteiger partial charge on any atom is -0.320 e. The molecule has 0 fully saturated rings. The third-order valence-electron chi connectivity index (χ3n) is 3.05. The Hall–Kier alpha value is -1.81. The van der Waals surface area contributed by atoms with Crippen LogP contribution in [0.5, 0.6) is 0 Å². The van der Waals surface area contributed by atoms with Gasteiger partial charge >= 0.3 is 0 Å². The number of benzene rings is 1. The zero-order valence-corrected chi connectivity index (χ0v) is 10.7. The number of aryl methyl sites for hydroxylation is 3. The van der Waals surface area contributed by atoms with Crippen molar-refractivity contribution >= 4 is 0 Å². The second kappa shape index (κ2) is 4.82. The van der Waals surface area contributed by atoms with Gasteiger partial charge in [0.1, 0.15) is 5.82 Å². The molecule has 0 spiro atoms. The minimum atomic E-state index is -0.380. The molecule has 2 N–H and O–H groups in total. The Labute approximate surface area is 106 Å². The quantitative estimate of drug-likeness (QED) is 0.884. The van der Waals surface area contributed by atoms with Crippen LogP contribution < -0.4 is 5.73 Å². The predicted molar refractivity (Wildman–Crippen MR) is 68.7 cm³/mol. The van der Waals surface area contributed by atoms with Gasteiger partial charge in [-0.2, -0.15) is 10.2 Å². The highest BCUT2D eigenvalue weighted by Crippen LogP contribution is 2.25. The molecule has 0 aliphatic heterocycles. The van der Waals surface area contributed by atoms with Crippen LogP contribution in [-0.4, -0.2) is 10.2 Å². The van der Waals surface area contributed by atoms with Gasteiger partial charge in [0.2, 0.25) is 0 Å². The van der Waals surface area contributed by atoms with Crippen LogP contribution in [0.1, 0.15) is 34.1 Å². The second-order valence-electron chi connectivity index (χ2n) is 4.51. The van der Waals surface area contributed by atoms with Gasteiger partial charge in [0, 0.05) is 0 Å². The zero-order chi connectivity index (χ0) is 13.3. The van der Waals surface area contributed by atoms with E-state index in [0.717, 1.165) is 28.1 Å². The molecule has 1 atom stereocenters. The van der Waals surface area contributed by atoms with E-state index in [2.05, 4.69) is 10.2 Å². The monoisotopic (exact) mass is 245 g/mol. The van der Waals surface area contributed by atoms with Gasteiger partial charge in [0.15, 0.2) is 0 Å². The highest BCUT2D eigenvalue weighted by atomic mass is 19.1. The standard InChI is InChI=1S/C14H16FN3/c1-8-4-5-11(15)7-12(8)14(16)13-6-9(2)17-18-10(13)3/h4-7,14H,16H2,1-3H3. The van der Waals surface area contributed by atoms with Crippen LogP contribution in [0.15, 0.2) is 24.3 Å². The van der Waals surface area contributed by atoms with Gasteiger partial charge in [0.25, 0.3) is 0 Å². The Morgan fingerprint density at radius 1 is 1.06 bits per heavy atom. The summed E-state index contributed by atoms with van der Waals surface area (Å²) in [5.41, 5.74) is 10.4. The molecule has 94 valence electrons. The highest BCUT2D eigenvalue weighted by molar-refractivity contribution is 5.38. The first kappa shape index (κ1) is 12.6. The van der Waals surface area contributed by atoms with Crippen molar-refractivity contribution in [2.75, 3.05) is 0 Å². The molecule has 0 aliphatic rings. The number of nitrogens with two attached hydrogens (primary N) is 1. The minimum absolute atomic E-state index is 0.276. The third-order valence-corrected chi connectivity index (χ3v) is 3.05. The van der Waals surface area contributed by atoms with Gasteiger partial charge in [-0.05, 0) is 55.7 Å². The fourth-order valence-corrected chi connectivity index (χ4v) is 2.00. The molecule has 0 saturated heterocycles. The van der Waals surface area contributed by atoms with Crippen molar-refractivity contribution in [2.24, 2.45) is 5.73 Å². The number of aromatic nitrogens is 2. The summed E-state index contributed by atoms with van der Waals surface area (Å²) in [4.78, 5) is 0. The smallest absolute Gasteiger partial charge is 0.123 e. The van der Waals surface area contributed by atoms with Crippen LogP contribution in [0.4, 0.5) is 4.39 Å². The molecule has 4 heteroatoms. The molecule has 3 nitrogen and oxygen atoms in total. The lowest BCUT2D eigenvalue weighted by atomic mass is 9.95. The number of hydrogen-bond acceptors (Lipinski definition) is 3. The van der Waals surface area contributed by atoms with Crippen LogP contribution in [-0.2, 0) is 0 Å². The summed E-state index contributed by atoms with van der Waals surface area (Å²) >= 11 is 0. The molecule has 0 amide bonds. The summed E-state index contributed by atoms with van der Waals surface area (Å²) in [6.45, 7) is 5.64. The van der Waals surface area contributed by atoms with Crippen molar-refractivity contribution < 1.29 is 4.39 Å². The molecule has 0 saturated carbocycles. The fraction of sp³-hybridized carbons (Fsp3) is 0.286. The molecule has 2 rings (SSSR count). The molecule has 1 unspecified atom stereocenters. The molecular formula is C14H16FN3. The van der Waals surface area contributed by atoms with Crippen molar-refractivity contribution in [3.8, 4) is 0 Å². The van der Waals surface area contributed by atoms with Crippen LogP contribution in [0.2, 0.25) is 0 Å². The molecule has 2 aromatic rings. The summed E-state index contributed by atoms with van der Waals surface area (Å²) in [6.07, 6.45) is 0. The molecule has 1 heterocycles. The van der Waals surface area contributed by atoms with Crippen molar-refractivity contribution in [3.63, 3.8) is 0 Å². The van der Waals surface area contributed by atoms with Crippen molar-refractivity contribution in [1.29, 1.82) is 0 Å². The van der Waals surface area contributed by atoms with E-state index in [0.29, 0.717) is 0 Å². The SMILES string of the molecule is Cc1cc(C(N)c2cc(F)ccc2C)c(C)nn1. The van der Waals surface area contributed by atoms with E-state index in [1.54, 1.807) is 6.07 Å². The first-order valence-electron chi connectivity index (χ1n) is 5.81. The van der Waals surface area contributed by atoms with Gasteiger partial charge in [-0.25, -0.2) is 4.39 Å². The van der Waals surface area contributed by atoms with Gasteiger partial charge in [-0.3, -0.25) is 0 Å². The van der Waals surface area contributed by atoms with Gasteiger partial charge in [-0.1, -0.05) is 6.07 Å². The topological polar surface area (TPSA) is 51.8 Å². The van der Waals surface area contributed by atoms with Crippen molar-refractivity contribution in [1.82, 2.24) is 10.2 Å². The Bertz CT molecular complexity index is 530. The van der Waals surface area contributed by atoms with Gasteiger partial charge in [-0.15, -0.1) is 0 Å². The van der Waals surface area contributed by atoms with E-state index in [1.165, 1.54) is 12.1 Å². The summed E-state index contributed by atoms with van der Waals surface area (Å²) in [5, 5.41) is 8.03. The molecule has 0 bridgehead atoms. The molecule has 0 radical (unpaired) electrons. The number of halogens is 1. The third kappa shape index (κ3) is 2.38. The lowest BCUT2D eigenvalue weighted by molar-refractivity contribution is 0.622. The maximum atomic E-state index is 13.3. The normalized spacial score (nSPS) is 12.5. The van der Waals surface area contributed by atoms with Crippen LogP contribution >= 0.6 is 0 Å². The zero-order valence-electron chi connectivity index (χ0n) is 10.7. The van der Waals surface area contributed by atoms with E-state index >= 15 is 0 Å². The van der Waals surface area contributed by atoms with E-state index < -0.39 is 0 Å². The average molecular weight is 245 g/mol. The highest BCUT2D eigenvalue weighted by Gasteiger charge is 2.15. The van der Waals surface area contributed by atoms with E-state index in [4.69, 9.17) is 5.73 Å². The number of nitrogens with zero attached hydrogens (tertiary/aromatic N) is 2. The summed E-state index contributed by atoms with van der Waals surface area (Å²) in [5.74, 6) is -0.276. The Morgan fingerprint density at radius 3 is 2.50 bits per heavy atom. The van der Waals surface area contributed by atoms with E-state index in [1.807, 2.05) is 26.8 Å². The van der Waals surface area contributed by atoms with Crippen molar-refractivity contribution in [2.45, 2.75) is 26.8 Å². The predicted octanol–water partition coefficient (Wildman–Crippen LogP) is 2.59. The first-order chi connectivity index (χ1) is 8.49. The molecule has 1 aromatic heterocycles. The van der Waals surface area contributed by atoms with Crippen LogP contribution in [0.3, 0.4) is 0 Å². The Kier molecular flexibility index (Phi) is 3.39. The lowest BCUT2D eigenvalue weighted by Crippen LogP contribution is -2.16. The fourth-order valence-electron chi connectivity index (χ4n) is 2.00. The number of hydrogen-bond donors (Lipinski definition) is 1. The van der Waals surface area contributed by atoms with Crippen LogP contribution in [0, 0.1) is 26.6 Å². The maximum absolute atomic E-state index is 13.3. The first-order valence-corrected chi connectivity index (χ1v) is 5.81. The average Bonchev–Trinajstić information content (AvgIpc) is 2.34. The van der Waals surface area contributed by atoms with Gasteiger partial charge in [0.05, 0.1) is 17.4 Å². The lowest BCUT2D eigenvalue weighted by Gasteiger charge is -2.17. The van der Waals surface area contributed by atoms with E-state index in [9.17, 15) is 4.39 Å².